The molecule has 0 atom stereocenters. The molecule has 2 aromatic heterocycles. The monoisotopic (exact) mass is 356 g/mol. The molecule has 0 fully saturated rings. The predicted octanol–water partition coefficient (Wildman–Crippen LogP) is 3.84. The molecule has 2 heterocycles. The Hall–Kier alpha value is -3.31. The lowest BCUT2D eigenvalue weighted by atomic mass is 10.0. The minimum atomic E-state index is 0.0397. The fourth-order valence-corrected chi connectivity index (χ4v) is 3.00. The van der Waals surface area contributed by atoms with Crippen LogP contribution in [0.2, 0.25) is 0 Å². The predicted molar refractivity (Wildman–Crippen MR) is 107 cm³/mol. The Morgan fingerprint density at radius 2 is 1.81 bits per heavy atom. The van der Waals surface area contributed by atoms with Crippen LogP contribution in [0.4, 0.5) is 5.95 Å². The van der Waals surface area contributed by atoms with Crippen LogP contribution in [0.3, 0.4) is 0 Å². The average Bonchev–Trinajstić information content (AvgIpc) is 2.74. The van der Waals surface area contributed by atoms with Crippen molar-refractivity contribution in [3.63, 3.8) is 0 Å². The van der Waals surface area contributed by atoms with Gasteiger partial charge in [0, 0.05) is 36.4 Å². The molecule has 0 aliphatic rings. The van der Waals surface area contributed by atoms with Gasteiger partial charge in [0.25, 0.3) is 0 Å². The van der Waals surface area contributed by atoms with Gasteiger partial charge in [0.1, 0.15) is 0 Å². The van der Waals surface area contributed by atoms with Gasteiger partial charge in [-0.2, -0.15) is 0 Å². The highest BCUT2D eigenvalue weighted by Crippen LogP contribution is 2.24. The SMILES string of the molecule is OCc1cccc(-c2ccc3nc(NCCc4ccccn4)ncc3c2)c1. The van der Waals surface area contributed by atoms with Gasteiger partial charge in [0.05, 0.1) is 12.1 Å². The van der Waals surface area contributed by atoms with Crippen molar-refractivity contribution in [2.45, 2.75) is 13.0 Å². The van der Waals surface area contributed by atoms with Crippen LogP contribution in [-0.4, -0.2) is 26.6 Å². The van der Waals surface area contributed by atoms with Crippen LogP contribution >= 0.6 is 0 Å². The van der Waals surface area contributed by atoms with E-state index in [0.29, 0.717) is 5.95 Å². The Labute approximate surface area is 157 Å². The van der Waals surface area contributed by atoms with Crippen molar-refractivity contribution in [1.29, 1.82) is 0 Å². The molecule has 4 rings (SSSR count). The lowest BCUT2D eigenvalue weighted by Gasteiger charge is -2.08. The van der Waals surface area contributed by atoms with Gasteiger partial charge >= 0.3 is 0 Å². The highest BCUT2D eigenvalue weighted by molar-refractivity contribution is 5.84. The molecule has 0 amide bonds. The lowest BCUT2D eigenvalue weighted by molar-refractivity contribution is 0.282. The Morgan fingerprint density at radius 3 is 2.67 bits per heavy atom. The Balaban J connectivity index is 1.50. The smallest absolute Gasteiger partial charge is 0.223 e. The van der Waals surface area contributed by atoms with Crippen molar-refractivity contribution >= 4 is 16.9 Å². The van der Waals surface area contributed by atoms with E-state index in [1.54, 1.807) is 6.20 Å². The number of aromatic nitrogens is 3. The first-order chi connectivity index (χ1) is 13.3. The third-order valence-corrected chi connectivity index (χ3v) is 4.41. The second-order valence-corrected chi connectivity index (χ2v) is 6.32. The minimum absolute atomic E-state index is 0.0397. The first-order valence-electron chi connectivity index (χ1n) is 8.92. The van der Waals surface area contributed by atoms with Crippen LogP contribution in [0.25, 0.3) is 22.0 Å². The number of hydrogen-bond donors (Lipinski definition) is 2. The number of rotatable bonds is 6. The number of anilines is 1. The van der Waals surface area contributed by atoms with E-state index in [0.717, 1.165) is 46.3 Å². The molecule has 5 nitrogen and oxygen atoms in total. The second-order valence-electron chi connectivity index (χ2n) is 6.32. The van der Waals surface area contributed by atoms with E-state index in [4.69, 9.17) is 0 Å². The molecule has 134 valence electrons. The number of benzene rings is 2. The molecule has 2 aromatic carbocycles. The quantitative estimate of drug-likeness (QED) is 0.549. The van der Waals surface area contributed by atoms with E-state index in [1.807, 2.05) is 60.8 Å². The Kier molecular flexibility index (Phi) is 5.03. The van der Waals surface area contributed by atoms with Crippen LogP contribution in [0.1, 0.15) is 11.3 Å². The summed E-state index contributed by atoms with van der Waals surface area (Å²) in [4.78, 5) is 13.3. The first kappa shape index (κ1) is 17.1. The van der Waals surface area contributed by atoms with Crippen molar-refractivity contribution in [2.75, 3.05) is 11.9 Å². The Bertz CT molecular complexity index is 1050. The zero-order valence-electron chi connectivity index (χ0n) is 14.8. The summed E-state index contributed by atoms with van der Waals surface area (Å²) in [7, 11) is 0. The van der Waals surface area contributed by atoms with Gasteiger partial charge in [0.2, 0.25) is 5.95 Å². The summed E-state index contributed by atoms with van der Waals surface area (Å²) in [6.07, 6.45) is 4.46. The van der Waals surface area contributed by atoms with Gasteiger partial charge in [-0.3, -0.25) is 4.98 Å². The third-order valence-electron chi connectivity index (χ3n) is 4.41. The topological polar surface area (TPSA) is 70.9 Å². The van der Waals surface area contributed by atoms with Crippen molar-refractivity contribution in [3.05, 3.63) is 84.3 Å². The summed E-state index contributed by atoms with van der Waals surface area (Å²) in [6.45, 7) is 0.770. The van der Waals surface area contributed by atoms with Gasteiger partial charge in [0.15, 0.2) is 0 Å². The lowest BCUT2D eigenvalue weighted by Crippen LogP contribution is -2.08. The van der Waals surface area contributed by atoms with Crippen molar-refractivity contribution in [3.8, 4) is 11.1 Å². The molecule has 0 spiro atoms. The van der Waals surface area contributed by atoms with Crippen molar-refractivity contribution < 1.29 is 5.11 Å². The van der Waals surface area contributed by atoms with E-state index in [-0.39, 0.29) is 6.61 Å². The van der Waals surface area contributed by atoms with Gasteiger partial charge in [-0.05, 0) is 47.0 Å². The molecule has 0 aliphatic heterocycles. The van der Waals surface area contributed by atoms with E-state index in [9.17, 15) is 5.11 Å². The number of nitrogens with one attached hydrogen (secondary N) is 1. The maximum Gasteiger partial charge on any atom is 0.223 e. The molecule has 5 heteroatoms. The zero-order chi connectivity index (χ0) is 18.5. The van der Waals surface area contributed by atoms with Crippen LogP contribution in [-0.2, 0) is 13.0 Å². The normalized spacial score (nSPS) is 10.9. The summed E-state index contributed by atoms with van der Waals surface area (Å²) < 4.78 is 0. The van der Waals surface area contributed by atoms with Crippen LogP contribution < -0.4 is 5.32 Å². The summed E-state index contributed by atoms with van der Waals surface area (Å²) in [5, 5.41) is 13.6. The second kappa shape index (κ2) is 7.93. The van der Waals surface area contributed by atoms with Crippen LogP contribution in [0, 0.1) is 0 Å². The van der Waals surface area contributed by atoms with Crippen molar-refractivity contribution in [2.24, 2.45) is 0 Å². The summed E-state index contributed by atoms with van der Waals surface area (Å²) in [5.41, 5.74) is 4.99. The molecule has 0 saturated carbocycles. The third kappa shape index (κ3) is 4.10. The summed E-state index contributed by atoms with van der Waals surface area (Å²) in [5.74, 6) is 0.619. The van der Waals surface area contributed by atoms with Crippen LogP contribution in [0.15, 0.2) is 73.1 Å². The maximum absolute atomic E-state index is 9.32. The van der Waals surface area contributed by atoms with Gasteiger partial charge in [-0.1, -0.05) is 30.3 Å². The molecular weight excluding hydrogens is 336 g/mol. The molecule has 4 aromatic rings. The van der Waals surface area contributed by atoms with E-state index >= 15 is 0 Å². The van der Waals surface area contributed by atoms with Gasteiger partial charge < -0.3 is 10.4 Å². The molecule has 0 aliphatic carbocycles. The fourth-order valence-electron chi connectivity index (χ4n) is 3.00. The molecule has 27 heavy (non-hydrogen) atoms. The number of fused-ring (bicyclic) bond motifs is 1. The highest BCUT2D eigenvalue weighted by Gasteiger charge is 2.04. The molecule has 0 bridgehead atoms. The number of pyridine rings is 1. The number of hydrogen-bond acceptors (Lipinski definition) is 5. The molecular formula is C22H20N4O. The molecule has 0 unspecified atom stereocenters. The number of aliphatic hydroxyl groups is 1. The fraction of sp³-hybridized carbons (Fsp3) is 0.136. The first-order valence-corrected chi connectivity index (χ1v) is 8.92. The summed E-state index contributed by atoms with van der Waals surface area (Å²) in [6, 6.07) is 19.9. The van der Waals surface area contributed by atoms with Crippen molar-refractivity contribution in [1.82, 2.24) is 15.0 Å². The largest absolute Gasteiger partial charge is 0.392 e. The molecule has 0 radical (unpaired) electrons. The standard InChI is InChI=1S/C22H20N4O/c27-15-16-4-3-5-17(12-16)18-7-8-21-19(13-18)14-25-22(26-21)24-11-9-20-6-1-2-10-23-20/h1-8,10,12-14,27H,9,11,15H2,(H,24,25,26). The Morgan fingerprint density at radius 1 is 0.889 bits per heavy atom. The number of aliphatic hydroxyl groups excluding tert-OH is 1. The number of nitrogens with zero attached hydrogens (tertiary/aromatic N) is 3. The summed E-state index contributed by atoms with van der Waals surface area (Å²) >= 11 is 0. The van der Waals surface area contributed by atoms with E-state index < -0.39 is 0 Å². The minimum Gasteiger partial charge on any atom is -0.392 e. The average molecular weight is 356 g/mol. The molecule has 2 N–H and O–H groups in total. The van der Waals surface area contributed by atoms with E-state index in [2.05, 4.69) is 26.3 Å². The maximum atomic E-state index is 9.32. The van der Waals surface area contributed by atoms with Gasteiger partial charge in [-0.25, -0.2) is 9.97 Å². The van der Waals surface area contributed by atoms with Gasteiger partial charge in [-0.15, -0.1) is 0 Å². The van der Waals surface area contributed by atoms with Crippen LogP contribution in [0.5, 0.6) is 0 Å². The highest BCUT2D eigenvalue weighted by atomic mass is 16.3. The molecule has 0 saturated heterocycles. The zero-order valence-corrected chi connectivity index (χ0v) is 14.8. The van der Waals surface area contributed by atoms with E-state index in [1.165, 1.54) is 0 Å².